The number of hydrogen-bond donors (Lipinski definition) is 0. The zero-order valence-corrected chi connectivity index (χ0v) is 19.6. The topological polar surface area (TPSA) is 51.1 Å². The first-order valence-corrected chi connectivity index (χ1v) is 11.0. The Morgan fingerprint density at radius 1 is 1.13 bits per heavy atom. The lowest BCUT2D eigenvalue weighted by Crippen LogP contribution is -2.23. The Labute approximate surface area is 194 Å². The number of aliphatic imine (C=N–C) groups is 1. The molecule has 2 aromatic carbocycles. The molecule has 0 radical (unpaired) electrons. The first kappa shape index (κ1) is 22.8. The molecule has 1 aliphatic rings. The fourth-order valence-corrected chi connectivity index (χ4v) is 4.43. The Bertz CT molecular complexity index is 1040. The van der Waals surface area contributed by atoms with Gasteiger partial charge < -0.3 is 9.47 Å². The summed E-state index contributed by atoms with van der Waals surface area (Å²) in [5, 5.41) is 2.07. The van der Waals surface area contributed by atoms with Crippen LogP contribution in [0.1, 0.15) is 18.1 Å². The van der Waals surface area contributed by atoms with Crippen molar-refractivity contribution in [3.8, 4) is 11.5 Å². The Hall–Kier alpha value is -1.86. The molecule has 5 nitrogen and oxygen atoms in total. The molecule has 1 saturated heterocycles. The lowest BCUT2D eigenvalue weighted by atomic mass is 10.1. The highest BCUT2D eigenvalue weighted by Gasteiger charge is 2.29. The fraction of sp³-hybridized carbons (Fsp3) is 0.238. The molecule has 0 N–H and O–H groups in total. The highest BCUT2D eigenvalue weighted by molar-refractivity contribution is 8.18. The van der Waals surface area contributed by atoms with Crippen LogP contribution in [-0.2, 0) is 11.4 Å². The molecule has 30 heavy (non-hydrogen) atoms. The molecule has 0 atom stereocenters. The average Bonchev–Trinajstić information content (AvgIpc) is 2.96. The number of amides is 1. The molecule has 1 fully saturated rings. The molecule has 9 heteroatoms. The van der Waals surface area contributed by atoms with E-state index in [-0.39, 0.29) is 12.5 Å². The van der Waals surface area contributed by atoms with Gasteiger partial charge in [0.25, 0.3) is 5.91 Å². The Balaban J connectivity index is 1.89. The van der Waals surface area contributed by atoms with Crippen molar-refractivity contribution in [1.29, 1.82) is 0 Å². The van der Waals surface area contributed by atoms with Crippen molar-refractivity contribution in [3.63, 3.8) is 0 Å². The summed E-state index contributed by atoms with van der Waals surface area (Å²) < 4.78 is 11.7. The highest BCUT2D eigenvalue weighted by Crippen LogP contribution is 2.39. The lowest BCUT2D eigenvalue weighted by molar-refractivity contribution is -0.121. The first-order chi connectivity index (χ1) is 14.3. The van der Waals surface area contributed by atoms with Crippen molar-refractivity contribution in [1.82, 2.24) is 4.90 Å². The number of benzene rings is 2. The van der Waals surface area contributed by atoms with Gasteiger partial charge in [0.15, 0.2) is 16.7 Å². The number of hydrogen-bond acceptors (Lipinski definition) is 5. The summed E-state index contributed by atoms with van der Waals surface area (Å²) in [5.41, 5.74) is 1.50. The number of carbonyl (C=O) groups is 1. The minimum atomic E-state index is -0.118. The normalized spacial score (nSPS) is 16.6. The fourth-order valence-electron chi connectivity index (χ4n) is 2.76. The van der Waals surface area contributed by atoms with Crippen LogP contribution in [0.5, 0.6) is 11.5 Å². The van der Waals surface area contributed by atoms with E-state index in [1.54, 1.807) is 50.5 Å². The summed E-state index contributed by atoms with van der Waals surface area (Å²) in [5.74, 6) is 0.771. The molecule has 1 amide bonds. The van der Waals surface area contributed by atoms with E-state index in [9.17, 15) is 4.79 Å². The molecule has 1 heterocycles. The van der Waals surface area contributed by atoms with Crippen LogP contribution >= 0.6 is 46.6 Å². The number of likely N-dealkylation sites (N-methyl/N-ethyl adjacent to an activating group) is 1. The van der Waals surface area contributed by atoms with Crippen LogP contribution in [-0.4, -0.2) is 36.7 Å². The zero-order chi connectivity index (χ0) is 21.8. The minimum Gasteiger partial charge on any atom is -0.490 e. The predicted molar refractivity (Wildman–Crippen MR) is 125 cm³/mol. The maximum atomic E-state index is 12.4. The SMILES string of the molecule is CCOc1cc(/C=C2/SC(=NC)N(C)C2=O)cc(Cl)c1OCc1ccc(Cl)cc1Cl. The number of thioether (sulfide) groups is 1. The first-order valence-electron chi connectivity index (χ1n) is 9.01. The molecule has 1 aliphatic heterocycles. The average molecular weight is 486 g/mol. The van der Waals surface area contributed by atoms with Gasteiger partial charge in [0.2, 0.25) is 0 Å². The van der Waals surface area contributed by atoms with E-state index in [1.807, 2.05) is 6.92 Å². The molecule has 0 unspecified atom stereocenters. The van der Waals surface area contributed by atoms with Gasteiger partial charge in [-0.15, -0.1) is 0 Å². The maximum absolute atomic E-state index is 12.4. The number of ether oxygens (including phenoxy) is 2. The predicted octanol–water partition coefficient (Wildman–Crippen LogP) is 6.16. The quantitative estimate of drug-likeness (QED) is 0.460. The third-order valence-corrected chi connectivity index (χ3v) is 6.23. The van der Waals surface area contributed by atoms with Crippen LogP contribution in [0.3, 0.4) is 0 Å². The van der Waals surface area contributed by atoms with Crippen LogP contribution in [0, 0.1) is 0 Å². The van der Waals surface area contributed by atoms with Crippen molar-refractivity contribution < 1.29 is 14.3 Å². The molecule has 2 aromatic rings. The van der Waals surface area contributed by atoms with Gasteiger partial charge in [-0.3, -0.25) is 14.7 Å². The minimum absolute atomic E-state index is 0.118. The Morgan fingerprint density at radius 2 is 1.90 bits per heavy atom. The standard InChI is InChI=1S/C21H19Cl3N2O3S/c1-4-28-17-8-12(9-18-20(27)26(3)21(25-2)30-18)7-16(24)19(17)29-11-13-5-6-14(22)10-15(13)23/h5-10H,4,11H2,1-3H3/b18-9+,25-21?. The van der Waals surface area contributed by atoms with Crippen molar-refractivity contribution in [3.05, 3.63) is 61.4 Å². The number of carbonyl (C=O) groups excluding carboxylic acids is 1. The molecule has 0 bridgehead atoms. The largest absolute Gasteiger partial charge is 0.490 e. The molecular weight excluding hydrogens is 467 g/mol. The van der Waals surface area contributed by atoms with E-state index >= 15 is 0 Å². The van der Waals surface area contributed by atoms with E-state index in [4.69, 9.17) is 44.3 Å². The smallest absolute Gasteiger partial charge is 0.266 e. The van der Waals surface area contributed by atoms with Crippen molar-refractivity contribution in [2.45, 2.75) is 13.5 Å². The van der Waals surface area contributed by atoms with Crippen molar-refractivity contribution >= 4 is 63.7 Å². The van der Waals surface area contributed by atoms with E-state index < -0.39 is 0 Å². The van der Waals surface area contributed by atoms with Crippen LogP contribution in [0.4, 0.5) is 0 Å². The van der Waals surface area contributed by atoms with Crippen LogP contribution in [0.15, 0.2) is 40.2 Å². The van der Waals surface area contributed by atoms with Gasteiger partial charge in [0.05, 0.1) is 16.5 Å². The van der Waals surface area contributed by atoms with Gasteiger partial charge in [-0.25, -0.2) is 0 Å². The second kappa shape index (κ2) is 9.96. The van der Waals surface area contributed by atoms with Crippen LogP contribution < -0.4 is 9.47 Å². The van der Waals surface area contributed by atoms with Crippen LogP contribution in [0.2, 0.25) is 15.1 Å². The van der Waals surface area contributed by atoms with Gasteiger partial charge >= 0.3 is 0 Å². The molecule has 0 aliphatic carbocycles. The van der Waals surface area contributed by atoms with E-state index in [1.165, 1.54) is 16.7 Å². The molecule has 0 aromatic heterocycles. The monoisotopic (exact) mass is 484 g/mol. The second-order valence-corrected chi connectivity index (χ2v) is 8.53. The van der Waals surface area contributed by atoms with E-state index in [2.05, 4.69) is 4.99 Å². The van der Waals surface area contributed by atoms with Crippen molar-refractivity contribution in [2.24, 2.45) is 4.99 Å². The van der Waals surface area contributed by atoms with Crippen LogP contribution in [0.25, 0.3) is 6.08 Å². The molecule has 0 spiro atoms. The maximum Gasteiger partial charge on any atom is 0.266 e. The number of halogens is 3. The Kier molecular flexibility index (Phi) is 7.58. The third kappa shape index (κ3) is 5.06. The summed E-state index contributed by atoms with van der Waals surface area (Å²) in [6.45, 7) is 2.50. The van der Waals surface area contributed by atoms with Gasteiger partial charge in [-0.05, 0) is 54.6 Å². The van der Waals surface area contributed by atoms with E-state index in [0.29, 0.717) is 43.2 Å². The second-order valence-electron chi connectivity index (χ2n) is 6.27. The van der Waals surface area contributed by atoms with Gasteiger partial charge in [0.1, 0.15) is 6.61 Å². The molecule has 158 valence electrons. The summed E-state index contributed by atoms with van der Waals surface area (Å²) in [7, 11) is 3.34. The molecule has 0 saturated carbocycles. The Morgan fingerprint density at radius 3 is 2.53 bits per heavy atom. The number of amidine groups is 1. The van der Waals surface area contributed by atoms with E-state index in [0.717, 1.165) is 11.1 Å². The van der Waals surface area contributed by atoms with Gasteiger partial charge in [-0.2, -0.15) is 0 Å². The summed E-state index contributed by atoms with van der Waals surface area (Å²) in [6.07, 6.45) is 1.76. The summed E-state index contributed by atoms with van der Waals surface area (Å²) >= 11 is 20.0. The third-order valence-electron chi connectivity index (χ3n) is 4.21. The highest BCUT2D eigenvalue weighted by atomic mass is 35.5. The summed E-state index contributed by atoms with van der Waals surface area (Å²) in [6, 6.07) is 8.71. The van der Waals surface area contributed by atoms with Gasteiger partial charge in [0, 0.05) is 29.7 Å². The summed E-state index contributed by atoms with van der Waals surface area (Å²) in [4.78, 5) is 18.6. The van der Waals surface area contributed by atoms with Gasteiger partial charge in [-0.1, -0.05) is 40.9 Å². The number of nitrogens with zero attached hydrogens (tertiary/aromatic N) is 2. The lowest BCUT2D eigenvalue weighted by Gasteiger charge is -2.15. The zero-order valence-electron chi connectivity index (χ0n) is 16.5. The van der Waals surface area contributed by atoms with Crippen molar-refractivity contribution in [2.75, 3.05) is 20.7 Å². The number of rotatable bonds is 6. The molecular formula is C21H19Cl3N2O3S. The molecule has 3 rings (SSSR count).